The molecule has 1 aromatic heterocycles. The molecule has 21 heavy (non-hydrogen) atoms. The number of ether oxygens (including phenoxy) is 1. The first-order valence-electron chi connectivity index (χ1n) is 6.70. The minimum Gasteiger partial charge on any atom is -0.491 e. The summed E-state index contributed by atoms with van der Waals surface area (Å²) >= 11 is 5.95. The molecule has 1 unspecified atom stereocenters. The van der Waals surface area contributed by atoms with E-state index in [1.54, 1.807) is 0 Å². The Morgan fingerprint density at radius 1 is 1.38 bits per heavy atom. The highest BCUT2D eigenvalue weighted by atomic mass is 35.5. The molecular formula is C15H18ClN3O2. The molecule has 112 valence electrons. The van der Waals surface area contributed by atoms with Crippen LogP contribution >= 0.6 is 11.6 Å². The van der Waals surface area contributed by atoms with Gasteiger partial charge in [-0.1, -0.05) is 23.7 Å². The Hall–Kier alpha value is -1.85. The zero-order valence-corrected chi connectivity index (χ0v) is 12.7. The fraction of sp³-hybridized carbons (Fsp3) is 0.333. The number of aromatic nitrogens is 2. The summed E-state index contributed by atoms with van der Waals surface area (Å²) in [6.07, 6.45) is 2.31. The van der Waals surface area contributed by atoms with Crippen LogP contribution in [0.25, 0.3) is 0 Å². The molecule has 2 aromatic rings. The maximum absolute atomic E-state index is 10.2. The maximum atomic E-state index is 10.2. The van der Waals surface area contributed by atoms with Crippen LogP contribution < -0.4 is 10.1 Å². The normalized spacial score (nSPS) is 12.2. The van der Waals surface area contributed by atoms with Crippen molar-refractivity contribution in [2.75, 3.05) is 11.9 Å². The van der Waals surface area contributed by atoms with Crippen LogP contribution in [0.4, 0.5) is 5.82 Å². The summed E-state index contributed by atoms with van der Waals surface area (Å²) in [7, 11) is 0. The number of aliphatic hydroxyl groups excluding tert-OH is 1. The molecule has 5 nitrogen and oxygen atoms in total. The van der Waals surface area contributed by atoms with Crippen molar-refractivity contribution >= 4 is 17.4 Å². The summed E-state index contributed by atoms with van der Waals surface area (Å²) in [5.74, 6) is 1.24. The summed E-state index contributed by atoms with van der Waals surface area (Å²) in [6, 6.07) is 7.40. The molecule has 0 saturated carbocycles. The van der Waals surface area contributed by atoms with Crippen molar-refractivity contribution in [3.05, 3.63) is 47.4 Å². The Kier molecular flexibility index (Phi) is 5.36. The maximum Gasteiger partial charge on any atom is 0.148 e. The zero-order valence-electron chi connectivity index (χ0n) is 12.0. The Balaban J connectivity index is 2.00. The standard InChI is InChI=1S/C15H18ClN3O2/c1-10(2)21-12-5-3-4-11(6-12)14(20)8-18-15-13(16)7-17-9-19-15/h3-7,9-10,14,20H,8H2,1-2H3,(H,17,18,19). The highest BCUT2D eigenvalue weighted by molar-refractivity contribution is 6.32. The van der Waals surface area contributed by atoms with Gasteiger partial charge in [-0.05, 0) is 31.5 Å². The second kappa shape index (κ2) is 7.24. The minimum absolute atomic E-state index is 0.0929. The molecule has 0 bridgehead atoms. The lowest BCUT2D eigenvalue weighted by Gasteiger charge is -2.15. The fourth-order valence-corrected chi connectivity index (χ4v) is 1.99. The van der Waals surface area contributed by atoms with Crippen LogP contribution in [0.2, 0.25) is 5.02 Å². The molecule has 0 fully saturated rings. The number of halogens is 1. The third kappa shape index (κ3) is 4.58. The second-order valence-corrected chi connectivity index (χ2v) is 5.26. The highest BCUT2D eigenvalue weighted by Gasteiger charge is 2.10. The van der Waals surface area contributed by atoms with Crippen LogP contribution in [0.1, 0.15) is 25.5 Å². The molecule has 0 aliphatic rings. The molecule has 6 heteroatoms. The smallest absolute Gasteiger partial charge is 0.148 e. The van der Waals surface area contributed by atoms with Crippen LogP contribution in [0.5, 0.6) is 5.75 Å². The first-order valence-corrected chi connectivity index (χ1v) is 7.08. The van der Waals surface area contributed by atoms with Gasteiger partial charge in [-0.2, -0.15) is 0 Å². The van der Waals surface area contributed by atoms with Crippen LogP contribution in [-0.2, 0) is 0 Å². The van der Waals surface area contributed by atoms with Gasteiger partial charge in [0.25, 0.3) is 0 Å². The van der Waals surface area contributed by atoms with E-state index in [9.17, 15) is 5.11 Å². The van der Waals surface area contributed by atoms with Crippen LogP contribution in [-0.4, -0.2) is 27.7 Å². The molecule has 0 amide bonds. The van der Waals surface area contributed by atoms with E-state index in [4.69, 9.17) is 16.3 Å². The van der Waals surface area contributed by atoms with Crippen LogP contribution in [0, 0.1) is 0 Å². The molecule has 0 radical (unpaired) electrons. The van der Waals surface area contributed by atoms with Gasteiger partial charge in [-0.25, -0.2) is 9.97 Å². The number of rotatable bonds is 6. The lowest BCUT2D eigenvalue weighted by atomic mass is 10.1. The Labute approximate surface area is 129 Å². The highest BCUT2D eigenvalue weighted by Crippen LogP contribution is 2.22. The number of anilines is 1. The van der Waals surface area contributed by atoms with Gasteiger partial charge in [0.1, 0.15) is 22.9 Å². The molecule has 2 rings (SSSR count). The zero-order chi connectivity index (χ0) is 15.2. The van der Waals surface area contributed by atoms with Gasteiger partial charge >= 0.3 is 0 Å². The summed E-state index contributed by atoms with van der Waals surface area (Å²) in [5.41, 5.74) is 0.769. The molecule has 2 N–H and O–H groups in total. The van der Waals surface area contributed by atoms with E-state index >= 15 is 0 Å². The topological polar surface area (TPSA) is 67.3 Å². The largest absolute Gasteiger partial charge is 0.491 e. The SMILES string of the molecule is CC(C)Oc1cccc(C(O)CNc2ncncc2Cl)c1. The lowest BCUT2D eigenvalue weighted by Crippen LogP contribution is -2.13. The van der Waals surface area contributed by atoms with Crippen LogP contribution in [0.15, 0.2) is 36.8 Å². The molecular weight excluding hydrogens is 290 g/mol. The molecule has 0 aliphatic heterocycles. The van der Waals surface area contributed by atoms with Crippen molar-refractivity contribution in [2.45, 2.75) is 26.1 Å². The van der Waals surface area contributed by atoms with E-state index in [1.807, 2.05) is 38.1 Å². The quantitative estimate of drug-likeness (QED) is 0.858. The van der Waals surface area contributed by atoms with E-state index in [-0.39, 0.29) is 6.10 Å². The van der Waals surface area contributed by atoms with Gasteiger partial charge in [0.15, 0.2) is 0 Å². The number of nitrogens with zero attached hydrogens (tertiary/aromatic N) is 2. The van der Waals surface area contributed by atoms with Gasteiger partial charge < -0.3 is 15.2 Å². The van der Waals surface area contributed by atoms with Crippen molar-refractivity contribution in [3.63, 3.8) is 0 Å². The van der Waals surface area contributed by atoms with Crippen molar-refractivity contribution in [1.82, 2.24) is 9.97 Å². The van der Waals surface area contributed by atoms with Gasteiger partial charge in [-0.15, -0.1) is 0 Å². The number of aliphatic hydroxyl groups is 1. The van der Waals surface area contributed by atoms with Gasteiger partial charge in [0.05, 0.1) is 18.4 Å². The Morgan fingerprint density at radius 2 is 2.19 bits per heavy atom. The van der Waals surface area contributed by atoms with E-state index < -0.39 is 6.10 Å². The molecule has 0 saturated heterocycles. The van der Waals surface area contributed by atoms with E-state index in [0.717, 1.165) is 11.3 Å². The number of hydrogen-bond donors (Lipinski definition) is 2. The van der Waals surface area contributed by atoms with Crippen molar-refractivity contribution in [1.29, 1.82) is 0 Å². The lowest BCUT2D eigenvalue weighted by molar-refractivity contribution is 0.189. The first-order chi connectivity index (χ1) is 10.1. The summed E-state index contributed by atoms with van der Waals surface area (Å²) in [4.78, 5) is 7.82. The minimum atomic E-state index is -0.688. The third-order valence-corrected chi connectivity index (χ3v) is 3.02. The summed E-state index contributed by atoms with van der Waals surface area (Å²) in [5, 5.41) is 13.6. The number of benzene rings is 1. The van der Waals surface area contributed by atoms with Gasteiger partial charge in [-0.3, -0.25) is 0 Å². The summed E-state index contributed by atoms with van der Waals surface area (Å²) in [6.45, 7) is 4.21. The molecule has 1 aromatic carbocycles. The van der Waals surface area contributed by atoms with E-state index in [0.29, 0.717) is 17.4 Å². The van der Waals surface area contributed by atoms with Crippen molar-refractivity contribution in [2.24, 2.45) is 0 Å². The van der Waals surface area contributed by atoms with Crippen LogP contribution in [0.3, 0.4) is 0 Å². The molecule has 1 atom stereocenters. The summed E-state index contributed by atoms with van der Waals surface area (Å²) < 4.78 is 5.61. The number of hydrogen-bond acceptors (Lipinski definition) is 5. The fourth-order valence-electron chi connectivity index (χ4n) is 1.82. The monoisotopic (exact) mass is 307 g/mol. The first kappa shape index (κ1) is 15.5. The predicted octanol–water partition coefficient (Wildman–Crippen LogP) is 3.06. The Bertz CT molecular complexity index is 593. The average molecular weight is 308 g/mol. The van der Waals surface area contributed by atoms with Crippen molar-refractivity contribution < 1.29 is 9.84 Å². The van der Waals surface area contributed by atoms with Crippen molar-refractivity contribution in [3.8, 4) is 5.75 Å². The predicted molar refractivity (Wildman–Crippen MR) is 82.7 cm³/mol. The molecule has 1 heterocycles. The van der Waals surface area contributed by atoms with E-state index in [1.165, 1.54) is 12.5 Å². The Morgan fingerprint density at radius 3 is 2.90 bits per heavy atom. The average Bonchev–Trinajstić information content (AvgIpc) is 2.45. The van der Waals surface area contributed by atoms with E-state index in [2.05, 4.69) is 15.3 Å². The van der Waals surface area contributed by atoms with Gasteiger partial charge in [0, 0.05) is 6.54 Å². The molecule has 0 aliphatic carbocycles. The molecule has 0 spiro atoms. The second-order valence-electron chi connectivity index (χ2n) is 4.86. The van der Waals surface area contributed by atoms with Gasteiger partial charge in [0.2, 0.25) is 0 Å². The third-order valence-electron chi connectivity index (χ3n) is 2.75. The number of nitrogens with one attached hydrogen (secondary N) is 1.